The van der Waals surface area contributed by atoms with Gasteiger partial charge in [-0.2, -0.15) is 0 Å². The van der Waals surface area contributed by atoms with Crippen LogP contribution in [0, 0.1) is 0 Å². The molecule has 1 unspecified atom stereocenters. The first-order valence-electron chi connectivity index (χ1n) is 10.5. The van der Waals surface area contributed by atoms with E-state index < -0.39 is 6.67 Å². The van der Waals surface area contributed by atoms with Gasteiger partial charge in [-0.25, -0.2) is 4.99 Å². The first-order chi connectivity index (χ1) is 13.9. The molecule has 1 rings (SSSR count). The lowest BCUT2D eigenvalue weighted by Gasteiger charge is -2.37. The molecule has 0 aromatic carbocycles. The Kier molecular flexibility index (Phi) is 11.7. The Bertz CT molecular complexity index is 567. The number of ether oxygens (including phenoxy) is 2. The topological polar surface area (TPSA) is 66.6 Å². The number of aliphatic imine (C=N–C) groups is 1. The minimum atomic E-state index is -0.463. The van der Waals surface area contributed by atoms with Gasteiger partial charge in [-0.15, -0.1) is 0 Å². The highest BCUT2D eigenvalue weighted by Crippen LogP contribution is 2.25. The molecule has 0 saturated heterocycles. The van der Waals surface area contributed by atoms with Crippen molar-refractivity contribution in [2.45, 2.75) is 45.9 Å². The van der Waals surface area contributed by atoms with Crippen LogP contribution in [-0.4, -0.2) is 93.5 Å². The normalized spacial score (nSPS) is 18.8. The fourth-order valence-corrected chi connectivity index (χ4v) is 3.32. The zero-order valence-corrected chi connectivity index (χ0v) is 19.0. The third-order valence-electron chi connectivity index (χ3n) is 5.20. The number of halogens is 1. The van der Waals surface area contributed by atoms with Crippen molar-refractivity contribution in [2.75, 3.05) is 60.7 Å². The van der Waals surface area contributed by atoms with Gasteiger partial charge in [0.05, 0.1) is 19.4 Å². The maximum Gasteiger partial charge on any atom is 0.147 e. The van der Waals surface area contributed by atoms with Gasteiger partial charge in [0, 0.05) is 60.3 Å². The van der Waals surface area contributed by atoms with Crippen LogP contribution in [0.4, 0.5) is 4.39 Å². The van der Waals surface area contributed by atoms with E-state index in [0.29, 0.717) is 19.6 Å². The molecule has 2 N–H and O–H groups in total. The quantitative estimate of drug-likeness (QED) is 0.496. The van der Waals surface area contributed by atoms with Crippen molar-refractivity contribution in [3.63, 3.8) is 0 Å². The van der Waals surface area contributed by atoms with Gasteiger partial charge in [0.15, 0.2) is 0 Å². The third-order valence-corrected chi connectivity index (χ3v) is 5.20. The largest absolute Gasteiger partial charge is 0.405 e. The van der Waals surface area contributed by atoms with E-state index in [-0.39, 0.29) is 18.7 Å². The monoisotopic (exact) mass is 413 g/mol. The second-order valence-electron chi connectivity index (χ2n) is 7.18. The number of nitrogens with zero attached hydrogens (tertiary/aromatic N) is 4. The number of hydrogen-bond acceptors (Lipinski definition) is 7. The standard InChI is InChI=1S/C21H40FN5O2/c1-7-27(16-17(3)28-6)20-10-9-19(25(4)13-14-29-8-2)24-21(26(20)5)18(15-23)11-12-22/h10,15,17,21H,7-9,11-14,16,23H2,1-6H3/t17-,21?/m0/s1. The number of methoxy groups -OCH3 is 1. The number of amidine groups is 1. The van der Waals surface area contributed by atoms with Gasteiger partial charge in [-0.1, -0.05) is 0 Å². The predicted molar refractivity (Wildman–Crippen MR) is 117 cm³/mol. The Hall–Kier alpha value is -1.80. The van der Waals surface area contributed by atoms with Crippen molar-refractivity contribution < 1.29 is 13.9 Å². The second-order valence-corrected chi connectivity index (χ2v) is 7.18. The van der Waals surface area contributed by atoms with E-state index in [1.165, 1.54) is 6.20 Å². The molecule has 2 atom stereocenters. The minimum absolute atomic E-state index is 0.0931. The molecule has 7 nitrogen and oxygen atoms in total. The number of nitrogens with two attached hydrogens (primary N) is 1. The van der Waals surface area contributed by atoms with Crippen LogP contribution < -0.4 is 5.73 Å². The highest BCUT2D eigenvalue weighted by molar-refractivity contribution is 5.84. The summed E-state index contributed by atoms with van der Waals surface area (Å²) in [4.78, 5) is 11.4. The summed E-state index contributed by atoms with van der Waals surface area (Å²) in [7, 11) is 5.72. The molecular formula is C21H40FN5O2. The molecule has 0 aromatic heterocycles. The Labute approximate surface area is 176 Å². The van der Waals surface area contributed by atoms with Gasteiger partial charge < -0.3 is 29.9 Å². The van der Waals surface area contributed by atoms with Gasteiger partial charge in [0.25, 0.3) is 0 Å². The van der Waals surface area contributed by atoms with Crippen molar-refractivity contribution in [2.24, 2.45) is 10.7 Å². The van der Waals surface area contributed by atoms with Gasteiger partial charge in [-0.05, 0) is 38.6 Å². The average molecular weight is 414 g/mol. The molecule has 168 valence electrons. The summed E-state index contributed by atoms with van der Waals surface area (Å²) >= 11 is 0. The minimum Gasteiger partial charge on any atom is -0.405 e. The number of hydrogen-bond donors (Lipinski definition) is 1. The van der Waals surface area contributed by atoms with E-state index in [0.717, 1.165) is 36.9 Å². The Morgan fingerprint density at radius 2 is 2.21 bits per heavy atom. The second kappa shape index (κ2) is 13.4. The van der Waals surface area contributed by atoms with E-state index in [2.05, 4.69) is 34.6 Å². The van der Waals surface area contributed by atoms with Crippen molar-refractivity contribution in [3.8, 4) is 0 Å². The first-order valence-corrected chi connectivity index (χ1v) is 10.5. The van der Waals surface area contributed by atoms with Crippen LogP contribution in [0.25, 0.3) is 0 Å². The highest BCUT2D eigenvalue weighted by atomic mass is 19.1. The Morgan fingerprint density at radius 3 is 2.76 bits per heavy atom. The molecule has 1 heterocycles. The lowest BCUT2D eigenvalue weighted by atomic mass is 10.1. The van der Waals surface area contributed by atoms with E-state index in [4.69, 9.17) is 20.2 Å². The van der Waals surface area contributed by atoms with E-state index in [1.807, 2.05) is 21.0 Å². The molecule has 0 fully saturated rings. The van der Waals surface area contributed by atoms with E-state index >= 15 is 0 Å². The van der Waals surface area contributed by atoms with Crippen molar-refractivity contribution in [1.29, 1.82) is 0 Å². The maximum absolute atomic E-state index is 13.2. The summed E-state index contributed by atoms with van der Waals surface area (Å²) in [5.74, 6) is 1.99. The molecule has 0 aliphatic carbocycles. The van der Waals surface area contributed by atoms with Crippen LogP contribution in [-0.2, 0) is 9.47 Å². The summed E-state index contributed by atoms with van der Waals surface area (Å²) < 4.78 is 24.1. The van der Waals surface area contributed by atoms with E-state index in [1.54, 1.807) is 7.11 Å². The molecule has 0 radical (unpaired) electrons. The number of likely N-dealkylation sites (N-methyl/N-ethyl adjacent to an activating group) is 3. The summed E-state index contributed by atoms with van der Waals surface area (Å²) in [5.41, 5.74) is 6.64. The number of rotatable bonds is 12. The Balaban J connectivity index is 3.22. The summed E-state index contributed by atoms with van der Waals surface area (Å²) in [6, 6.07) is 0. The molecule has 29 heavy (non-hydrogen) atoms. The predicted octanol–water partition coefficient (Wildman–Crippen LogP) is 2.42. The molecular weight excluding hydrogens is 373 g/mol. The first kappa shape index (κ1) is 25.2. The SMILES string of the molecule is CCOCCN(C)C1=NC(C(=CN)CCF)N(C)C(N(CC)C[C@H](C)OC)=CC1. The van der Waals surface area contributed by atoms with Crippen LogP contribution >= 0.6 is 0 Å². The summed E-state index contributed by atoms with van der Waals surface area (Å²) in [6.07, 6.45) is 4.38. The van der Waals surface area contributed by atoms with Crippen LogP contribution in [0.1, 0.15) is 33.6 Å². The van der Waals surface area contributed by atoms with Gasteiger partial charge in [0.2, 0.25) is 0 Å². The zero-order valence-electron chi connectivity index (χ0n) is 19.0. The van der Waals surface area contributed by atoms with Crippen LogP contribution in [0.5, 0.6) is 0 Å². The molecule has 1 aliphatic heterocycles. The fourth-order valence-electron chi connectivity index (χ4n) is 3.32. The summed E-state index contributed by atoms with van der Waals surface area (Å²) in [6.45, 7) is 9.36. The van der Waals surface area contributed by atoms with Crippen molar-refractivity contribution >= 4 is 5.84 Å². The van der Waals surface area contributed by atoms with Crippen molar-refractivity contribution in [3.05, 3.63) is 23.7 Å². The molecule has 0 bridgehead atoms. The van der Waals surface area contributed by atoms with Crippen LogP contribution in [0.3, 0.4) is 0 Å². The van der Waals surface area contributed by atoms with Crippen LogP contribution in [0.2, 0.25) is 0 Å². The fraction of sp³-hybridized carbons (Fsp3) is 0.762. The number of alkyl halides is 1. The molecule has 0 aromatic rings. The molecule has 0 saturated carbocycles. The van der Waals surface area contributed by atoms with Crippen molar-refractivity contribution in [1.82, 2.24) is 14.7 Å². The van der Waals surface area contributed by atoms with Gasteiger partial charge >= 0.3 is 0 Å². The van der Waals surface area contributed by atoms with Crippen LogP contribution in [0.15, 0.2) is 28.7 Å². The highest BCUT2D eigenvalue weighted by Gasteiger charge is 2.27. The smallest absolute Gasteiger partial charge is 0.147 e. The van der Waals surface area contributed by atoms with Gasteiger partial charge in [0.1, 0.15) is 17.8 Å². The Morgan fingerprint density at radius 1 is 1.48 bits per heavy atom. The van der Waals surface area contributed by atoms with E-state index in [9.17, 15) is 4.39 Å². The maximum atomic E-state index is 13.2. The van der Waals surface area contributed by atoms with Gasteiger partial charge in [-0.3, -0.25) is 4.39 Å². The molecule has 0 amide bonds. The molecule has 0 spiro atoms. The lowest BCUT2D eigenvalue weighted by Crippen LogP contribution is -2.42. The summed E-state index contributed by atoms with van der Waals surface area (Å²) in [5, 5.41) is 0. The molecule has 8 heteroatoms. The average Bonchev–Trinajstić information content (AvgIpc) is 2.89. The zero-order chi connectivity index (χ0) is 21.8. The third kappa shape index (κ3) is 7.51. The lowest BCUT2D eigenvalue weighted by molar-refractivity contribution is 0.0768. The molecule has 1 aliphatic rings.